The fraction of sp³-hybridized carbons (Fsp3) is 0.346. The van der Waals surface area contributed by atoms with Crippen LogP contribution in [0.5, 0.6) is 5.75 Å². The van der Waals surface area contributed by atoms with E-state index < -0.39 is 0 Å². The molecule has 0 saturated carbocycles. The van der Waals surface area contributed by atoms with Crippen molar-refractivity contribution in [3.63, 3.8) is 0 Å². The second-order valence-electron chi connectivity index (χ2n) is 8.58. The minimum absolute atomic E-state index is 0.149. The third-order valence-electron chi connectivity index (χ3n) is 6.52. The molecular weight excluding hydrogens is 400 g/mol. The largest absolute Gasteiger partial charge is 0.497 e. The summed E-state index contributed by atoms with van der Waals surface area (Å²) in [5, 5.41) is 0. The first-order chi connectivity index (χ1) is 15.7. The molecule has 0 amide bonds. The second kappa shape index (κ2) is 9.09. The Morgan fingerprint density at radius 3 is 2.44 bits per heavy atom. The van der Waals surface area contributed by atoms with E-state index in [1.807, 2.05) is 30.3 Å². The van der Waals surface area contributed by atoms with E-state index in [0.717, 1.165) is 56.5 Å². The van der Waals surface area contributed by atoms with Gasteiger partial charge in [-0.2, -0.15) is 0 Å². The van der Waals surface area contributed by atoms with Crippen LogP contribution in [-0.4, -0.2) is 53.9 Å². The predicted molar refractivity (Wildman–Crippen MR) is 124 cm³/mol. The maximum atomic E-state index is 12.7. The highest BCUT2D eigenvalue weighted by molar-refractivity contribution is 5.98. The highest BCUT2D eigenvalue weighted by Gasteiger charge is 2.29. The number of hydrogen-bond donors (Lipinski definition) is 0. The van der Waals surface area contributed by atoms with E-state index in [0.29, 0.717) is 12.0 Å². The molecule has 2 aliphatic rings. The van der Waals surface area contributed by atoms with Crippen molar-refractivity contribution in [2.24, 2.45) is 0 Å². The molecule has 5 rings (SSSR count). The van der Waals surface area contributed by atoms with Gasteiger partial charge < -0.3 is 9.64 Å². The number of carbonyl (C=O) groups excluding carboxylic acids is 1. The number of methoxy groups -OCH3 is 1. The van der Waals surface area contributed by atoms with Crippen LogP contribution in [0.15, 0.2) is 60.8 Å². The molecule has 0 spiro atoms. The molecule has 1 fully saturated rings. The lowest BCUT2D eigenvalue weighted by molar-refractivity contribution is 0.0962. The fourth-order valence-corrected chi connectivity index (χ4v) is 4.64. The van der Waals surface area contributed by atoms with Gasteiger partial charge in [-0.25, -0.2) is 9.97 Å². The lowest BCUT2D eigenvalue weighted by Gasteiger charge is -2.35. The number of fused-ring (bicyclic) bond motifs is 1. The number of anilines is 1. The summed E-state index contributed by atoms with van der Waals surface area (Å²) >= 11 is 0. The van der Waals surface area contributed by atoms with Crippen molar-refractivity contribution in [1.82, 2.24) is 14.9 Å². The van der Waals surface area contributed by atoms with Crippen molar-refractivity contribution < 1.29 is 9.53 Å². The SMILES string of the molecule is COc1ccc(CN2CCN(c3ncc4c(n3)C[C@H](c3ccccc3)CC4=O)CC2)cc1. The Morgan fingerprint density at radius 1 is 0.969 bits per heavy atom. The molecule has 0 unspecified atom stereocenters. The van der Waals surface area contributed by atoms with Crippen LogP contribution in [0.25, 0.3) is 0 Å². The van der Waals surface area contributed by atoms with Crippen molar-refractivity contribution in [3.05, 3.63) is 83.2 Å². The Bertz CT molecular complexity index is 1080. The molecule has 1 aromatic heterocycles. The minimum atomic E-state index is 0.149. The van der Waals surface area contributed by atoms with Gasteiger partial charge in [-0.05, 0) is 35.6 Å². The highest BCUT2D eigenvalue weighted by Crippen LogP contribution is 2.32. The maximum Gasteiger partial charge on any atom is 0.225 e. The first kappa shape index (κ1) is 20.6. The van der Waals surface area contributed by atoms with E-state index in [4.69, 9.17) is 9.72 Å². The molecule has 1 saturated heterocycles. The molecule has 1 aliphatic carbocycles. The molecule has 164 valence electrons. The zero-order valence-corrected chi connectivity index (χ0v) is 18.4. The van der Waals surface area contributed by atoms with E-state index in [-0.39, 0.29) is 11.7 Å². The summed E-state index contributed by atoms with van der Waals surface area (Å²) in [6.07, 6.45) is 3.06. The molecule has 3 aromatic rings. The van der Waals surface area contributed by atoms with Crippen LogP contribution < -0.4 is 9.64 Å². The van der Waals surface area contributed by atoms with Gasteiger partial charge in [0.25, 0.3) is 0 Å². The van der Waals surface area contributed by atoms with Gasteiger partial charge in [0, 0.05) is 45.3 Å². The van der Waals surface area contributed by atoms with Crippen LogP contribution in [0, 0.1) is 0 Å². The molecule has 6 nitrogen and oxygen atoms in total. The Labute approximate surface area is 188 Å². The summed E-state index contributed by atoms with van der Waals surface area (Å²) in [4.78, 5) is 26.8. The Kier molecular flexibility index (Phi) is 5.86. The number of hydrogen-bond acceptors (Lipinski definition) is 6. The van der Waals surface area contributed by atoms with Gasteiger partial charge in [0.2, 0.25) is 5.95 Å². The van der Waals surface area contributed by atoms with Crippen molar-refractivity contribution in [2.45, 2.75) is 25.3 Å². The Balaban J connectivity index is 1.24. The lowest BCUT2D eigenvalue weighted by atomic mass is 9.82. The van der Waals surface area contributed by atoms with E-state index in [1.54, 1.807) is 13.3 Å². The zero-order valence-electron chi connectivity index (χ0n) is 18.4. The molecule has 0 N–H and O–H groups in total. The third-order valence-corrected chi connectivity index (χ3v) is 6.52. The summed E-state index contributed by atoms with van der Waals surface area (Å²) in [5.74, 6) is 1.97. The summed E-state index contributed by atoms with van der Waals surface area (Å²) in [5.41, 5.74) is 4.08. The van der Waals surface area contributed by atoms with Crippen molar-refractivity contribution >= 4 is 11.7 Å². The zero-order chi connectivity index (χ0) is 21.9. The summed E-state index contributed by atoms with van der Waals surface area (Å²) in [6.45, 7) is 4.60. The van der Waals surface area contributed by atoms with E-state index >= 15 is 0 Å². The molecular formula is C26H28N4O2. The van der Waals surface area contributed by atoms with Crippen molar-refractivity contribution in [1.29, 1.82) is 0 Å². The first-order valence-corrected chi connectivity index (χ1v) is 11.2. The number of Topliss-reactive ketones (excluding diaryl/α,β-unsaturated/α-hetero) is 1. The fourth-order valence-electron chi connectivity index (χ4n) is 4.64. The number of aromatic nitrogens is 2. The molecule has 2 aromatic carbocycles. The van der Waals surface area contributed by atoms with E-state index in [1.165, 1.54) is 11.1 Å². The monoisotopic (exact) mass is 428 g/mol. The molecule has 2 heterocycles. The third kappa shape index (κ3) is 4.36. The standard InChI is InChI=1S/C26H28N4O2/c1-32-22-9-7-19(8-10-22)18-29-11-13-30(14-12-29)26-27-17-23-24(28-26)15-21(16-25(23)31)20-5-3-2-4-6-20/h2-10,17,21H,11-16,18H2,1H3/t21-/m0/s1. The number of nitrogens with zero attached hydrogens (tertiary/aromatic N) is 4. The number of piperazine rings is 1. The van der Waals surface area contributed by atoms with Crippen molar-refractivity contribution in [3.8, 4) is 5.75 Å². The van der Waals surface area contributed by atoms with Gasteiger partial charge in [-0.3, -0.25) is 9.69 Å². The van der Waals surface area contributed by atoms with Gasteiger partial charge in [0.1, 0.15) is 5.75 Å². The quantitative estimate of drug-likeness (QED) is 0.617. The average Bonchev–Trinajstić information content (AvgIpc) is 2.85. The summed E-state index contributed by atoms with van der Waals surface area (Å²) in [6, 6.07) is 18.6. The molecule has 0 bridgehead atoms. The maximum absolute atomic E-state index is 12.7. The van der Waals surface area contributed by atoms with Crippen LogP contribution in [0.3, 0.4) is 0 Å². The molecule has 1 aliphatic heterocycles. The normalized spacial score (nSPS) is 19.0. The predicted octanol–water partition coefficient (Wildman–Crippen LogP) is 3.72. The summed E-state index contributed by atoms with van der Waals surface area (Å²) in [7, 11) is 1.69. The highest BCUT2D eigenvalue weighted by atomic mass is 16.5. The molecule has 1 atom stereocenters. The van der Waals surface area contributed by atoms with Crippen LogP contribution in [-0.2, 0) is 13.0 Å². The number of ketones is 1. The van der Waals surface area contributed by atoms with Gasteiger partial charge in [0.05, 0.1) is 18.4 Å². The number of ether oxygens (including phenoxy) is 1. The topological polar surface area (TPSA) is 58.6 Å². The molecule has 32 heavy (non-hydrogen) atoms. The van der Waals surface area contributed by atoms with Crippen molar-refractivity contribution in [2.75, 3.05) is 38.2 Å². The van der Waals surface area contributed by atoms with Crippen LogP contribution in [0.4, 0.5) is 5.95 Å². The Hall–Kier alpha value is -3.25. The first-order valence-electron chi connectivity index (χ1n) is 11.2. The van der Waals surface area contributed by atoms with Crippen LogP contribution >= 0.6 is 0 Å². The van der Waals surface area contributed by atoms with E-state index in [2.05, 4.69) is 39.0 Å². The van der Waals surface area contributed by atoms with E-state index in [9.17, 15) is 4.79 Å². The van der Waals surface area contributed by atoms with Gasteiger partial charge in [0.15, 0.2) is 5.78 Å². The van der Waals surface area contributed by atoms with Gasteiger partial charge in [-0.15, -0.1) is 0 Å². The minimum Gasteiger partial charge on any atom is -0.497 e. The molecule has 6 heteroatoms. The second-order valence-corrected chi connectivity index (χ2v) is 8.58. The number of benzene rings is 2. The average molecular weight is 429 g/mol. The number of rotatable bonds is 5. The van der Waals surface area contributed by atoms with Gasteiger partial charge in [-0.1, -0.05) is 42.5 Å². The smallest absolute Gasteiger partial charge is 0.225 e. The lowest BCUT2D eigenvalue weighted by Crippen LogP contribution is -2.46. The molecule has 0 radical (unpaired) electrons. The van der Waals surface area contributed by atoms with Crippen LogP contribution in [0.2, 0.25) is 0 Å². The summed E-state index contributed by atoms with van der Waals surface area (Å²) < 4.78 is 5.24. The van der Waals surface area contributed by atoms with Gasteiger partial charge >= 0.3 is 0 Å². The Morgan fingerprint density at radius 2 is 1.72 bits per heavy atom. The van der Waals surface area contributed by atoms with Crippen LogP contribution in [0.1, 0.15) is 39.5 Å². The number of carbonyl (C=O) groups is 1.